The summed E-state index contributed by atoms with van der Waals surface area (Å²) in [5, 5.41) is 5.00. The van der Waals surface area contributed by atoms with Crippen LogP contribution in [0.5, 0.6) is 5.75 Å². The van der Waals surface area contributed by atoms with Gasteiger partial charge in [-0.2, -0.15) is 5.10 Å². The summed E-state index contributed by atoms with van der Waals surface area (Å²) in [4.78, 5) is 11.9. The molecule has 1 aliphatic carbocycles. The highest BCUT2D eigenvalue weighted by Crippen LogP contribution is 2.28. The van der Waals surface area contributed by atoms with Crippen molar-refractivity contribution in [2.24, 2.45) is 5.10 Å². The second-order valence-electron chi connectivity index (χ2n) is 4.70. The van der Waals surface area contributed by atoms with Crippen LogP contribution in [-0.4, -0.2) is 17.7 Å². The minimum Gasteiger partial charge on any atom is -0.479 e. The first-order valence-electron chi connectivity index (χ1n) is 6.53. The number of amides is 1. The van der Waals surface area contributed by atoms with Crippen molar-refractivity contribution in [3.63, 3.8) is 0 Å². The Morgan fingerprint density at radius 3 is 2.70 bits per heavy atom. The summed E-state index contributed by atoms with van der Waals surface area (Å²) >= 11 is 11.8. The zero-order valence-corrected chi connectivity index (χ0v) is 12.7. The van der Waals surface area contributed by atoms with E-state index >= 15 is 0 Å². The Kier molecular flexibility index (Phi) is 5.26. The van der Waals surface area contributed by atoms with Crippen molar-refractivity contribution in [1.82, 2.24) is 5.43 Å². The van der Waals surface area contributed by atoms with Gasteiger partial charge in [0.05, 0.1) is 5.02 Å². The predicted octanol–water partition coefficient (Wildman–Crippen LogP) is 3.81. The van der Waals surface area contributed by atoms with Crippen molar-refractivity contribution in [3.05, 3.63) is 28.2 Å². The van der Waals surface area contributed by atoms with Crippen LogP contribution in [0.1, 0.15) is 32.6 Å². The molecule has 108 valence electrons. The van der Waals surface area contributed by atoms with Crippen LogP contribution in [0.25, 0.3) is 0 Å². The molecule has 0 aliphatic heterocycles. The van der Waals surface area contributed by atoms with Gasteiger partial charge in [-0.05, 0) is 50.8 Å². The summed E-state index contributed by atoms with van der Waals surface area (Å²) in [6.07, 6.45) is 3.51. The first-order chi connectivity index (χ1) is 9.56. The number of nitrogens with zero attached hydrogens (tertiary/aromatic N) is 1. The quantitative estimate of drug-likeness (QED) is 0.859. The summed E-state index contributed by atoms with van der Waals surface area (Å²) in [6.45, 7) is 1.65. The van der Waals surface area contributed by atoms with Crippen molar-refractivity contribution in [3.8, 4) is 5.75 Å². The third-order valence-electron chi connectivity index (χ3n) is 3.07. The molecular weight excluding hydrogens is 299 g/mol. The molecule has 4 nitrogen and oxygen atoms in total. The fourth-order valence-corrected chi connectivity index (χ4v) is 2.39. The van der Waals surface area contributed by atoms with E-state index in [1.165, 1.54) is 0 Å². The fourth-order valence-electron chi connectivity index (χ4n) is 1.93. The molecule has 0 aromatic heterocycles. The summed E-state index contributed by atoms with van der Waals surface area (Å²) in [7, 11) is 0. The molecule has 0 bridgehead atoms. The van der Waals surface area contributed by atoms with Gasteiger partial charge in [-0.1, -0.05) is 23.2 Å². The molecule has 0 spiro atoms. The van der Waals surface area contributed by atoms with Gasteiger partial charge in [0.25, 0.3) is 5.91 Å². The highest BCUT2D eigenvalue weighted by Gasteiger charge is 2.16. The second-order valence-corrected chi connectivity index (χ2v) is 5.54. The van der Waals surface area contributed by atoms with Crippen LogP contribution >= 0.6 is 23.2 Å². The fraction of sp³-hybridized carbons (Fsp3) is 0.429. The number of rotatable bonds is 4. The highest BCUT2D eigenvalue weighted by atomic mass is 35.5. The maximum absolute atomic E-state index is 11.9. The number of benzene rings is 1. The molecule has 1 aliphatic rings. The number of nitrogens with one attached hydrogen (secondary N) is 1. The van der Waals surface area contributed by atoms with Crippen molar-refractivity contribution in [1.29, 1.82) is 0 Å². The largest absolute Gasteiger partial charge is 0.479 e. The van der Waals surface area contributed by atoms with Gasteiger partial charge in [-0.25, -0.2) is 5.43 Å². The molecule has 1 atom stereocenters. The molecule has 2 rings (SSSR count). The summed E-state index contributed by atoms with van der Waals surface area (Å²) < 4.78 is 5.51. The molecule has 6 heteroatoms. The Morgan fingerprint density at radius 2 is 2.05 bits per heavy atom. The summed E-state index contributed by atoms with van der Waals surface area (Å²) in [5.74, 6) is 0.127. The van der Waals surface area contributed by atoms with Crippen LogP contribution in [-0.2, 0) is 4.79 Å². The number of hydrogen-bond donors (Lipinski definition) is 1. The van der Waals surface area contributed by atoms with E-state index in [-0.39, 0.29) is 5.91 Å². The molecule has 1 amide bonds. The van der Waals surface area contributed by atoms with E-state index in [0.717, 1.165) is 31.4 Å². The van der Waals surface area contributed by atoms with Gasteiger partial charge in [0.2, 0.25) is 0 Å². The van der Waals surface area contributed by atoms with Crippen molar-refractivity contribution in [2.45, 2.75) is 38.7 Å². The lowest BCUT2D eigenvalue weighted by Crippen LogP contribution is -2.33. The predicted molar refractivity (Wildman–Crippen MR) is 80.6 cm³/mol. The minimum absolute atomic E-state index is 0.296. The van der Waals surface area contributed by atoms with Gasteiger partial charge in [0.15, 0.2) is 6.10 Å². The Bertz CT molecular complexity index is 524. The van der Waals surface area contributed by atoms with E-state index < -0.39 is 6.10 Å². The van der Waals surface area contributed by atoms with E-state index in [9.17, 15) is 4.79 Å². The van der Waals surface area contributed by atoms with E-state index in [0.29, 0.717) is 15.8 Å². The Hall–Kier alpha value is -1.26. The van der Waals surface area contributed by atoms with Crippen LogP contribution in [0.2, 0.25) is 10.0 Å². The smallest absolute Gasteiger partial charge is 0.280 e. The number of carbonyl (C=O) groups excluding carboxylic acids is 1. The molecule has 0 unspecified atom stereocenters. The van der Waals surface area contributed by atoms with Crippen LogP contribution in [0.3, 0.4) is 0 Å². The normalized spacial score (nSPS) is 15.8. The summed E-state index contributed by atoms with van der Waals surface area (Å²) in [5.41, 5.74) is 3.57. The molecule has 1 saturated carbocycles. The lowest BCUT2D eigenvalue weighted by molar-refractivity contribution is -0.127. The van der Waals surface area contributed by atoms with E-state index in [1.807, 2.05) is 0 Å². The van der Waals surface area contributed by atoms with Crippen LogP contribution in [0, 0.1) is 0 Å². The number of hydrogen-bond acceptors (Lipinski definition) is 3. The van der Waals surface area contributed by atoms with Gasteiger partial charge in [-0.3, -0.25) is 4.79 Å². The lowest BCUT2D eigenvalue weighted by atomic mass is 10.3. The van der Waals surface area contributed by atoms with Crippen molar-refractivity contribution >= 4 is 34.8 Å². The monoisotopic (exact) mass is 314 g/mol. The first kappa shape index (κ1) is 15.1. The Labute approximate surface area is 128 Å². The zero-order chi connectivity index (χ0) is 14.5. The SMILES string of the molecule is C[C@H](Oc1ccc(Cl)cc1Cl)C(=O)NN=C1CCCC1. The van der Waals surface area contributed by atoms with Gasteiger partial charge >= 0.3 is 0 Å². The van der Waals surface area contributed by atoms with Crippen LogP contribution in [0.4, 0.5) is 0 Å². The number of carbonyl (C=O) groups is 1. The standard InChI is InChI=1S/C14H16Cl2N2O2/c1-9(14(19)18-17-11-4-2-3-5-11)20-13-7-6-10(15)8-12(13)16/h6-9H,2-5H2,1H3,(H,18,19)/t9-/m0/s1. The molecule has 0 heterocycles. The van der Waals surface area contributed by atoms with Gasteiger partial charge < -0.3 is 4.74 Å². The highest BCUT2D eigenvalue weighted by molar-refractivity contribution is 6.35. The maximum Gasteiger partial charge on any atom is 0.280 e. The Balaban J connectivity index is 1.91. The van der Waals surface area contributed by atoms with E-state index in [4.69, 9.17) is 27.9 Å². The van der Waals surface area contributed by atoms with Crippen LogP contribution < -0.4 is 10.2 Å². The number of halogens is 2. The summed E-state index contributed by atoms with van der Waals surface area (Å²) in [6, 6.07) is 4.87. The van der Waals surface area contributed by atoms with Gasteiger partial charge in [-0.15, -0.1) is 0 Å². The molecular formula is C14H16Cl2N2O2. The minimum atomic E-state index is -0.681. The van der Waals surface area contributed by atoms with E-state index in [2.05, 4.69) is 10.5 Å². The number of hydrazone groups is 1. The molecule has 1 aromatic carbocycles. The van der Waals surface area contributed by atoms with Crippen molar-refractivity contribution in [2.75, 3.05) is 0 Å². The first-order valence-corrected chi connectivity index (χ1v) is 7.29. The average Bonchev–Trinajstić information content (AvgIpc) is 2.92. The molecule has 1 N–H and O–H groups in total. The second kappa shape index (κ2) is 6.95. The lowest BCUT2D eigenvalue weighted by Gasteiger charge is -2.14. The van der Waals surface area contributed by atoms with Crippen molar-refractivity contribution < 1.29 is 9.53 Å². The molecule has 20 heavy (non-hydrogen) atoms. The van der Waals surface area contributed by atoms with Gasteiger partial charge in [0, 0.05) is 10.7 Å². The third kappa shape index (κ3) is 4.12. The third-order valence-corrected chi connectivity index (χ3v) is 3.60. The topological polar surface area (TPSA) is 50.7 Å². The zero-order valence-electron chi connectivity index (χ0n) is 11.2. The number of ether oxygens (including phenoxy) is 1. The average molecular weight is 315 g/mol. The Morgan fingerprint density at radius 1 is 1.35 bits per heavy atom. The maximum atomic E-state index is 11.9. The molecule has 1 aromatic rings. The molecule has 0 saturated heterocycles. The van der Waals surface area contributed by atoms with E-state index in [1.54, 1.807) is 25.1 Å². The van der Waals surface area contributed by atoms with Gasteiger partial charge in [0.1, 0.15) is 5.75 Å². The van der Waals surface area contributed by atoms with Crippen LogP contribution in [0.15, 0.2) is 23.3 Å². The molecule has 0 radical (unpaired) electrons. The molecule has 1 fully saturated rings.